The van der Waals surface area contributed by atoms with Crippen LogP contribution in [0.25, 0.3) is 66.1 Å². The monoisotopic (exact) mass is 816 g/mol. The molecule has 0 unspecified atom stereocenters. The van der Waals surface area contributed by atoms with E-state index in [0.717, 1.165) is 34.1 Å². The average Bonchev–Trinajstić information content (AvgIpc) is 3.38. The fourth-order valence-corrected chi connectivity index (χ4v) is 9.08. The zero-order chi connectivity index (χ0) is 42.7. The van der Waals surface area contributed by atoms with Crippen molar-refractivity contribution in [2.24, 2.45) is 0 Å². The Labute approximate surface area is 375 Å². The highest BCUT2D eigenvalue weighted by Crippen LogP contribution is 2.48. The maximum Gasteiger partial charge on any atom is 0.0618 e. The number of rotatable bonds is 10. The fraction of sp³-hybridized carbons (Fsp3) is 0. The Hall–Kier alpha value is -8.46. The van der Waals surface area contributed by atoms with E-state index in [0.29, 0.717) is 0 Å². The smallest absolute Gasteiger partial charge is 0.0618 e. The van der Waals surface area contributed by atoms with E-state index in [1.165, 1.54) is 66.1 Å². The van der Waals surface area contributed by atoms with Crippen LogP contribution in [0.1, 0.15) is 0 Å². The van der Waals surface area contributed by atoms with Gasteiger partial charge < -0.3 is 9.80 Å². The third-order valence-corrected chi connectivity index (χ3v) is 12.3. The minimum Gasteiger partial charge on any atom is -0.311 e. The van der Waals surface area contributed by atoms with Gasteiger partial charge in [0.15, 0.2) is 0 Å². The molecule has 0 fully saturated rings. The summed E-state index contributed by atoms with van der Waals surface area (Å²) in [4.78, 5) is 4.80. The highest BCUT2D eigenvalue weighted by atomic mass is 15.2. The van der Waals surface area contributed by atoms with E-state index >= 15 is 0 Å². The van der Waals surface area contributed by atoms with E-state index in [9.17, 15) is 0 Å². The van der Waals surface area contributed by atoms with Crippen LogP contribution >= 0.6 is 0 Å². The zero-order valence-corrected chi connectivity index (χ0v) is 35.3. The van der Waals surface area contributed by atoms with Crippen molar-refractivity contribution in [3.8, 4) is 44.5 Å². The topological polar surface area (TPSA) is 6.48 Å². The maximum absolute atomic E-state index is 2.45. The molecule has 2 nitrogen and oxygen atoms in total. The molecule has 0 atom stereocenters. The van der Waals surface area contributed by atoms with Gasteiger partial charge in [-0.25, -0.2) is 0 Å². The predicted molar refractivity (Wildman–Crippen MR) is 273 cm³/mol. The lowest BCUT2D eigenvalue weighted by molar-refractivity contribution is 1.26. The highest BCUT2D eigenvalue weighted by Gasteiger charge is 2.22. The molecule has 0 aliphatic carbocycles. The summed E-state index contributed by atoms with van der Waals surface area (Å²) >= 11 is 0. The summed E-state index contributed by atoms with van der Waals surface area (Å²) in [6.45, 7) is 0. The van der Waals surface area contributed by atoms with Gasteiger partial charge in [0.05, 0.1) is 5.69 Å². The molecule has 0 amide bonds. The van der Waals surface area contributed by atoms with Crippen molar-refractivity contribution in [1.29, 1.82) is 0 Å². The first kappa shape index (κ1) is 38.5. The molecule has 11 rings (SSSR count). The third-order valence-electron chi connectivity index (χ3n) is 12.3. The maximum atomic E-state index is 2.45. The van der Waals surface area contributed by atoms with Crippen molar-refractivity contribution in [1.82, 2.24) is 0 Å². The number of nitrogens with zero attached hydrogens (tertiary/aromatic N) is 2. The van der Waals surface area contributed by atoms with E-state index in [-0.39, 0.29) is 0 Å². The second-order valence-corrected chi connectivity index (χ2v) is 16.1. The molecule has 64 heavy (non-hydrogen) atoms. The molecule has 302 valence electrons. The summed E-state index contributed by atoms with van der Waals surface area (Å²) in [7, 11) is 0. The van der Waals surface area contributed by atoms with Crippen molar-refractivity contribution in [2.75, 3.05) is 9.80 Å². The first-order chi connectivity index (χ1) is 31.7. The van der Waals surface area contributed by atoms with E-state index in [1.807, 2.05) is 0 Å². The van der Waals surface area contributed by atoms with Gasteiger partial charge >= 0.3 is 0 Å². The molecule has 0 saturated carbocycles. The molecule has 0 N–H and O–H groups in total. The Kier molecular flexibility index (Phi) is 10.3. The van der Waals surface area contributed by atoms with Crippen LogP contribution in [0.15, 0.2) is 267 Å². The molecule has 0 aromatic heterocycles. The number of fused-ring (bicyclic) bond motifs is 2. The number of hydrogen-bond donors (Lipinski definition) is 0. The van der Waals surface area contributed by atoms with Crippen LogP contribution in [0.5, 0.6) is 0 Å². The van der Waals surface area contributed by atoms with Crippen molar-refractivity contribution < 1.29 is 0 Å². The number of anilines is 6. The standard InChI is InChI=1S/C62H44N2/c1-4-15-45(16-5-1)48-27-34-53(35-28-48)63(54-36-29-49(30-37-54)46-17-6-2-7-18-46)55-40-42-57(43-41-55)64(56-38-31-50(32-39-56)47-19-8-3-9-20-47)62-59-25-13-11-22-52(59)33-44-61(62)60-26-14-23-51-21-10-12-24-58(51)60/h1-44H. The first-order valence-electron chi connectivity index (χ1n) is 21.9. The number of hydrogen-bond acceptors (Lipinski definition) is 2. The minimum absolute atomic E-state index is 1.06. The molecule has 0 aliphatic heterocycles. The van der Waals surface area contributed by atoms with Crippen LogP contribution < -0.4 is 9.80 Å². The summed E-state index contributed by atoms with van der Waals surface area (Å²) in [6.07, 6.45) is 0. The Morgan fingerprint density at radius 3 is 0.969 bits per heavy atom. The molecule has 2 heteroatoms. The van der Waals surface area contributed by atoms with Crippen molar-refractivity contribution >= 4 is 55.7 Å². The summed E-state index contributed by atoms with van der Waals surface area (Å²) in [6, 6.07) is 96.4. The summed E-state index contributed by atoms with van der Waals surface area (Å²) < 4.78 is 0. The normalized spacial score (nSPS) is 11.1. The Morgan fingerprint density at radius 2 is 0.516 bits per heavy atom. The molecule has 0 aliphatic rings. The van der Waals surface area contributed by atoms with Crippen LogP contribution in [0.4, 0.5) is 34.1 Å². The quantitative estimate of drug-likeness (QED) is 0.136. The zero-order valence-electron chi connectivity index (χ0n) is 35.3. The summed E-state index contributed by atoms with van der Waals surface area (Å²) in [5.41, 5.74) is 16.0. The van der Waals surface area contributed by atoms with Crippen LogP contribution in [-0.2, 0) is 0 Å². The van der Waals surface area contributed by atoms with E-state index in [2.05, 4.69) is 277 Å². The minimum atomic E-state index is 1.06. The summed E-state index contributed by atoms with van der Waals surface area (Å²) in [5.74, 6) is 0. The molecule has 0 bridgehead atoms. The second-order valence-electron chi connectivity index (χ2n) is 16.1. The Bertz CT molecular complexity index is 3240. The van der Waals surface area contributed by atoms with Gasteiger partial charge in [-0.1, -0.05) is 206 Å². The van der Waals surface area contributed by atoms with Crippen LogP contribution in [0.2, 0.25) is 0 Å². The molecular formula is C62H44N2. The van der Waals surface area contributed by atoms with Gasteiger partial charge in [-0.3, -0.25) is 0 Å². The molecule has 11 aromatic rings. The van der Waals surface area contributed by atoms with Gasteiger partial charge in [0.1, 0.15) is 0 Å². The third kappa shape index (κ3) is 7.48. The number of benzene rings is 11. The SMILES string of the molecule is c1ccc(-c2ccc(N(c3ccc(-c4ccccc4)cc3)c3ccc(N(c4ccc(-c5ccccc5)cc4)c4c(-c5cccc6ccccc56)ccc5ccccc45)cc3)cc2)cc1. The first-order valence-corrected chi connectivity index (χ1v) is 21.9. The Balaban J connectivity index is 1.07. The van der Waals surface area contributed by atoms with Crippen LogP contribution in [0.3, 0.4) is 0 Å². The van der Waals surface area contributed by atoms with Crippen molar-refractivity contribution in [3.63, 3.8) is 0 Å². The lowest BCUT2D eigenvalue weighted by atomic mass is 9.93. The van der Waals surface area contributed by atoms with Gasteiger partial charge in [-0.15, -0.1) is 0 Å². The Morgan fingerprint density at radius 1 is 0.188 bits per heavy atom. The van der Waals surface area contributed by atoms with Gasteiger partial charge in [0.25, 0.3) is 0 Å². The molecule has 0 saturated heterocycles. The molecule has 0 radical (unpaired) electrons. The molecular weight excluding hydrogens is 773 g/mol. The van der Waals surface area contributed by atoms with Crippen molar-refractivity contribution in [3.05, 3.63) is 267 Å². The molecule has 0 heterocycles. The van der Waals surface area contributed by atoms with E-state index < -0.39 is 0 Å². The predicted octanol–water partition coefficient (Wildman–Crippen LogP) is 17.6. The fourth-order valence-electron chi connectivity index (χ4n) is 9.08. The van der Waals surface area contributed by atoms with Crippen molar-refractivity contribution in [2.45, 2.75) is 0 Å². The van der Waals surface area contributed by atoms with Gasteiger partial charge in [0.2, 0.25) is 0 Å². The van der Waals surface area contributed by atoms with Gasteiger partial charge in [-0.2, -0.15) is 0 Å². The second kappa shape index (κ2) is 17.1. The van der Waals surface area contributed by atoms with Crippen LogP contribution in [0, 0.1) is 0 Å². The van der Waals surface area contributed by atoms with Crippen LogP contribution in [-0.4, -0.2) is 0 Å². The van der Waals surface area contributed by atoms with E-state index in [4.69, 9.17) is 0 Å². The lowest BCUT2D eigenvalue weighted by Gasteiger charge is -2.31. The average molecular weight is 817 g/mol. The molecule has 11 aromatic carbocycles. The molecule has 0 spiro atoms. The lowest BCUT2D eigenvalue weighted by Crippen LogP contribution is -2.13. The largest absolute Gasteiger partial charge is 0.311 e. The van der Waals surface area contributed by atoms with Gasteiger partial charge in [-0.05, 0) is 116 Å². The highest BCUT2D eigenvalue weighted by molar-refractivity contribution is 6.10. The van der Waals surface area contributed by atoms with Gasteiger partial charge in [0, 0.05) is 39.4 Å². The van der Waals surface area contributed by atoms with E-state index in [1.54, 1.807) is 0 Å². The summed E-state index contributed by atoms with van der Waals surface area (Å²) in [5, 5.41) is 4.82.